The Morgan fingerprint density at radius 1 is 1.50 bits per heavy atom. The summed E-state index contributed by atoms with van der Waals surface area (Å²) >= 11 is 0. The molecule has 0 fully saturated rings. The molecule has 1 aromatic rings. The number of amides is 1. The van der Waals surface area contributed by atoms with Gasteiger partial charge in [-0.2, -0.15) is 0 Å². The van der Waals surface area contributed by atoms with E-state index in [0.29, 0.717) is 6.54 Å². The molecule has 1 aromatic heterocycles. The van der Waals surface area contributed by atoms with Crippen LogP contribution in [0, 0.1) is 0 Å². The fourth-order valence-corrected chi connectivity index (χ4v) is 1.13. The van der Waals surface area contributed by atoms with Gasteiger partial charge in [0, 0.05) is 19.2 Å². The first-order valence-corrected chi connectivity index (χ1v) is 5.27. The van der Waals surface area contributed by atoms with Gasteiger partial charge < -0.3 is 14.1 Å². The largest absolute Gasteiger partial charge is 0.472 e. The lowest BCUT2D eigenvalue weighted by atomic mass is 10.2. The summed E-state index contributed by atoms with van der Waals surface area (Å²) < 4.78 is 10.4. The maximum absolute atomic E-state index is 11.7. The zero-order valence-electron chi connectivity index (χ0n) is 10.3. The lowest BCUT2D eigenvalue weighted by molar-refractivity contribution is -0.140. The number of ether oxygens (including phenoxy) is 1. The van der Waals surface area contributed by atoms with E-state index in [1.807, 2.05) is 26.8 Å². The molecule has 0 unspecified atom stereocenters. The molecule has 0 aliphatic rings. The molecule has 4 heteroatoms. The Kier molecular flexibility index (Phi) is 4.12. The first kappa shape index (κ1) is 12.8. The van der Waals surface area contributed by atoms with E-state index in [9.17, 15) is 4.79 Å². The highest BCUT2D eigenvalue weighted by Gasteiger charge is 2.15. The summed E-state index contributed by atoms with van der Waals surface area (Å²) in [6, 6.07) is 1.84. The minimum atomic E-state index is -0.286. The van der Waals surface area contributed by atoms with Crippen molar-refractivity contribution in [2.24, 2.45) is 0 Å². The molecular weight excluding hydrogens is 206 g/mol. The smallest absolute Gasteiger partial charge is 0.248 e. The standard InChI is InChI=1S/C12H19NO3/c1-12(2,3)16-9-11(14)13(4)7-10-5-6-15-8-10/h5-6,8H,7,9H2,1-4H3. The van der Waals surface area contributed by atoms with Crippen LogP contribution >= 0.6 is 0 Å². The van der Waals surface area contributed by atoms with E-state index in [1.165, 1.54) is 0 Å². The minimum Gasteiger partial charge on any atom is -0.472 e. The number of carbonyl (C=O) groups excluding carboxylic acids is 1. The van der Waals surface area contributed by atoms with E-state index in [0.717, 1.165) is 5.56 Å². The fraction of sp³-hybridized carbons (Fsp3) is 0.583. The number of carbonyl (C=O) groups is 1. The summed E-state index contributed by atoms with van der Waals surface area (Å²) in [5.74, 6) is -0.0314. The third-order valence-corrected chi connectivity index (χ3v) is 2.05. The van der Waals surface area contributed by atoms with Crippen molar-refractivity contribution in [3.63, 3.8) is 0 Å². The van der Waals surface area contributed by atoms with E-state index >= 15 is 0 Å². The Hall–Kier alpha value is -1.29. The van der Waals surface area contributed by atoms with Crippen molar-refractivity contribution in [1.82, 2.24) is 4.90 Å². The molecule has 0 aliphatic heterocycles. The van der Waals surface area contributed by atoms with Crippen molar-refractivity contribution in [3.8, 4) is 0 Å². The SMILES string of the molecule is CN(Cc1ccoc1)C(=O)COC(C)(C)C. The zero-order valence-corrected chi connectivity index (χ0v) is 10.3. The molecule has 0 atom stereocenters. The molecule has 0 saturated heterocycles. The van der Waals surface area contributed by atoms with Crippen molar-refractivity contribution in [2.75, 3.05) is 13.7 Å². The summed E-state index contributed by atoms with van der Waals surface area (Å²) in [7, 11) is 1.75. The highest BCUT2D eigenvalue weighted by Crippen LogP contribution is 2.08. The number of nitrogens with zero attached hydrogens (tertiary/aromatic N) is 1. The topological polar surface area (TPSA) is 42.7 Å². The average Bonchev–Trinajstić information content (AvgIpc) is 2.65. The van der Waals surface area contributed by atoms with Crippen LogP contribution in [-0.2, 0) is 16.1 Å². The Morgan fingerprint density at radius 2 is 2.19 bits per heavy atom. The molecule has 0 saturated carbocycles. The van der Waals surface area contributed by atoms with Gasteiger partial charge in [0.15, 0.2) is 0 Å². The van der Waals surface area contributed by atoms with Crippen LogP contribution in [0.2, 0.25) is 0 Å². The van der Waals surface area contributed by atoms with E-state index in [-0.39, 0.29) is 18.1 Å². The zero-order chi connectivity index (χ0) is 12.2. The minimum absolute atomic E-state index is 0.0314. The van der Waals surface area contributed by atoms with Gasteiger partial charge in [-0.25, -0.2) is 0 Å². The second-order valence-corrected chi connectivity index (χ2v) is 4.78. The Balaban J connectivity index is 2.37. The van der Waals surface area contributed by atoms with E-state index in [2.05, 4.69) is 0 Å². The highest BCUT2D eigenvalue weighted by atomic mass is 16.5. The summed E-state index contributed by atoms with van der Waals surface area (Å²) in [6.45, 7) is 6.43. The van der Waals surface area contributed by atoms with Crippen LogP contribution in [0.4, 0.5) is 0 Å². The third-order valence-electron chi connectivity index (χ3n) is 2.05. The van der Waals surface area contributed by atoms with E-state index in [1.54, 1.807) is 24.5 Å². The van der Waals surface area contributed by atoms with Gasteiger partial charge in [0.05, 0.1) is 18.1 Å². The second-order valence-electron chi connectivity index (χ2n) is 4.78. The van der Waals surface area contributed by atoms with Crippen molar-refractivity contribution >= 4 is 5.91 Å². The van der Waals surface area contributed by atoms with Crippen molar-refractivity contribution in [1.29, 1.82) is 0 Å². The second kappa shape index (κ2) is 5.16. The first-order valence-electron chi connectivity index (χ1n) is 5.27. The number of hydrogen-bond acceptors (Lipinski definition) is 3. The van der Waals surface area contributed by atoms with Crippen LogP contribution in [0.25, 0.3) is 0 Å². The van der Waals surface area contributed by atoms with Gasteiger partial charge in [0.1, 0.15) is 6.61 Å². The van der Waals surface area contributed by atoms with Crippen molar-refractivity contribution in [3.05, 3.63) is 24.2 Å². The number of likely N-dealkylation sites (N-methyl/N-ethyl adjacent to an activating group) is 1. The molecule has 0 radical (unpaired) electrons. The average molecular weight is 225 g/mol. The summed E-state index contributed by atoms with van der Waals surface area (Å²) in [6.07, 6.45) is 3.23. The molecule has 0 bridgehead atoms. The van der Waals surface area contributed by atoms with Gasteiger partial charge in [-0.05, 0) is 26.8 Å². The Labute approximate surface area is 96.2 Å². The van der Waals surface area contributed by atoms with Crippen LogP contribution in [0.15, 0.2) is 23.0 Å². The summed E-state index contributed by atoms with van der Waals surface area (Å²) in [5, 5.41) is 0. The fourth-order valence-electron chi connectivity index (χ4n) is 1.13. The van der Waals surface area contributed by atoms with Gasteiger partial charge in [-0.15, -0.1) is 0 Å². The number of hydrogen-bond donors (Lipinski definition) is 0. The molecule has 16 heavy (non-hydrogen) atoms. The van der Waals surface area contributed by atoms with Gasteiger partial charge >= 0.3 is 0 Å². The van der Waals surface area contributed by atoms with E-state index in [4.69, 9.17) is 9.15 Å². The monoisotopic (exact) mass is 225 g/mol. The Morgan fingerprint density at radius 3 is 2.69 bits per heavy atom. The Bertz CT molecular complexity index is 325. The molecule has 0 N–H and O–H groups in total. The van der Waals surface area contributed by atoms with Crippen molar-refractivity contribution in [2.45, 2.75) is 32.9 Å². The molecule has 0 aromatic carbocycles. The maximum atomic E-state index is 11.7. The maximum Gasteiger partial charge on any atom is 0.248 e. The van der Waals surface area contributed by atoms with Gasteiger partial charge in [-0.3, -0.25) is 4.79 Å². The highest BCUT2D eigenvalue weighted by molar-refractivity contribution is 5.77. The summed E-state index contributed by atoms with van der Waals surface area (Å²) in [4.78, 5) is 13.3. The summed E-state index contributed by atoms with van der Waals surface area (Å²) in [5.41, 5.74) is 0.693. The lowest BCUT2D eigenvalue weighted by Crippen LogP contribution is -2.33. The van der Waals surface area contributed by atoms with Crippen LogP contribution in [0.3, 0.4) is 0 Å². The number of rotatable bonds is 4. The molecule has 4 nitrogen and oxygen atoms in total. The van der Waals surface area contributed by atoms with Crippen LogP contribution in [-0.4, -0.2) is 30.1 Å². The quantitative estimate of drug-likeness (QED) is 0.787. The molecule has 1 heterocycles. The molecule has 1 rings (SSSR count). The third kappa shape index (κ3) is 4.49. The number of furan rings is 1. The lowest BCUT2D eigenvalue weighted by Gasteiger charge is -2.22. The van der Waals surface area contributed by atoms with Gasteiger partial charge in [0.2, 0.25) is 5.91 Å². The molecule has 1 amide bonds. The predicted octanol–water partition coefficient (Wildman–Crippen LogP) is 2.05. The van der Waals surface area contributed by atoms with Crippen molar-refractivity contribution < 1.29 is 13.9 Å². The van der Waals surface area contributed by atoms with Gasteiger partial charge in [-0.1, -0.05) is 0 Å². The normalized spacial score (nSPS) is 11.5. The molecule has 0 spiro atoms. The van der Waals surface area contributed by atoms with Crippen LogP contribution in [0.5, 0.6) is 0 Å². The van der Waals surface area contributed by atoms with Crippen LogP contribution < -0.4 is 0 Å². The van der Waals surface area contributed by atoms with Crippen LogP contribution in [0.1, 0.15) is 26.3 Å². The van der Waals surface area contributed by atoms with E-state index < -0.39 is 0 Å². The molecule has 90 valence electrons. The molecule has 0 aliphatic carbocycles. The molecular formula is C12H19NO3. The van der Waals surface area contributed by atoms with Gasteiger partial charge in [0.25, 0.3) is 0 Å². The first-order chi connectivity index (χ1) is 7.38. The predicted molar refractivity (Wildman–Crippen MR) is 60.9 cm³/mol.